The number of nitro benzene ring substituents is 1. The lowest BCUT2D eigenvalue weighted by Crippen LogP contribution is -2.28. The number of nitro groups is 1. The van der Waals surface area contributed by atoms with E-state index >= 15 is 0 Å². The second kappa shape index (κ2) is 7.87. The number of hydrogen-bond donors (Lipinski definition) is 1. The fraction of sp³-hybridized carbons (Fsp3) is 0.111. The molecule has 2 aromatic rings. The highest BCUT2D eigenvalue weighted by Crippen LogP contribution is 2.16. The van der Waals surface area contributed by atoms with Crippen LogP contribution in [0.2, 0.25) is 0 Å². The average Bonchev–Trinajstić information content (AvgIpc) is 2.61. The molecule has 0 spiro atoms. The zero-order chi connectivity index (χ0) is 18.4. The molecule has 7 heteroatoms. The summed E-state index contributed by atoms with van der Waals surface area (Å²) in [6.45, 7) is 1.89. The summed E-state index contributed by atoms with van der Waals surface area (Å²) in [7, 11) is 1.18. The maximum atomic E-state index is 12.3. The van der Waals surface area contributed by atoms with Crippen molar-refractivity contribution in [1.29, 1.82) is 0 Å². The number of nitrogens with one attached hydrogen (secondary N) is 1. The van der Waals surface area contributed by atoms with E-state index in [4.69, 9.17) is 0 Å². The van der Waals surface area contributed by atoms with Gasteiger partial charge < -0.3 is 10.1 Å². The summed E-state index contributed by atoms with van der Waals surface area (Å²) >= 11 is 0. The highest BCUT2D eigenvalue weighted by Gasteiger charge is 2.15. The lowest BCUT2D eigenvalue weighted by molar-refractivity contribution is -0.384. The number of carbonyl (C=O) groups is 2. The summed E-state index contributed by atoms with van der Waals surface area (Å²) in [6.07, 6.45) is 1.32. The molecular weight excluding hydrogens is 324 g/mol. The average molecular weight is 340 g/mol. The van der Waals surface area contributed by atoms with E-state index in [1.54, 1.807) is 30.3 Å². The van der Waals surface area contributed by atoms with Crippen LogP contribution in [0, 0.1) is 17.0 Å². The van der Waals surface area contributed by atoms with Crippen LogP contribution in [-0.4, -0.2) is 23.9 Å². The molecule has 1 N–H and O–H groups in total. The number of esters is 1. The third-order valence-corrected chi connectivity index (χ3v) is 3.36. The Kier molecular flexibility index (Phi) is 5.62. The maximum absolute atomic E-state index is 12.3. The Morgan fingerprint density at radius 3 is 2.44 bits per heavy atom. The molecule has 0 atom stereocenters. The smallest absolute Gasteiger partial charge is 0.354 e. The fourth-order valence-corrected chi connectivity index (χ4v) is 2.05. The van der Waals surface area contributed by atoms with Crippen molar-refractivity contribution in [1.82, 2.24) is 5.32 Å². The number of carbonyl (C=O) groups excluding carboxylic acids is 2. The standard InChI is InChI=1S/C18H16N2O5/c1-12-6-8-14(9-7-12)17(21)19-16(18(22)25-2)11-13-4-3-5-15(10-13)20(23)24/h3-11H,1-2H3,(H,19,21)/b16-11-. The van der Waals surface area contributed by atoms with E-state index in [0.29, 0.717) is 11.1 Å². The van der Waals surface area contributed by atoms with Crippen molar-refractivity contribution in [3.05, 3.63) is 81.0 Å². The van der Waals surface area contributed by atoms with Gasteiger partial charge in [-0.3, -0.25) is 14.9 Å². The molecule has 0 radical (unpaired) electrons. The van der Waals surface area contributed by atoms with Gasteiger partial charge in [0.05, 0.1) is 12.0 Å². The predicted molar refractivity (Wildman–Crippen MR) is 91.7 cm³/mol. The number of amides is 1. The molecule has 2 aromatic carbocycles. The molecule has 0 saturated carbocycles. The Morgan fingerprint density at radius 1 is 1.16 bits per heavy atom. The van der Waals surface area contributed by atoms with Crippen LogP contribution in [0.4, 0.5) is 5.69 Å². The van der Waals surface area contributed by atoms with Crippen LogP contribution in [0.3, 0.4) is 0 Å². The van der Waals surface area contributed by atoms with Gasteiger partial charge in [-0.25, -0.2) is 4.79 Å². The number of rotatable bonds is 5. The lowest BCUT2D eigenvalue weighted by atomic mass is 10.1. The van der Waals surface area contributed by atoms with Gasteiger partial charge >= 0.3 is 5.97 Å². The summed E-state index contributed by atoms with van der Waals surface area (Å²) in [4.78, 5) is 34.5. The number of ether oxygens (including phenoxy) is 1. The summed E-state index contributed by atoms with van der Waals surface area (Å²) in [5, 5.41) is 13.3. The summed E-state index contributed by atoms with van der Waals surface area (Å²) in [6, 6.07) is 12.5. The fourth-order valence-electron chi connectivity index (χ4n) is 2.05. The van der Waals surface area contributed by atoms with Crippen molar-refractivity contribution in [3.8, 4) is 0 Å². The second-order valence-corrected chi connectivity index (χ2v) is 5.22. The molecule has 0 aromatic heterocycles. The molecule has 1 amide bonds. The monoisotopic (exact) mass is 340 g/mol. The summed E-state index contributed by atoms with van der Waals surface area (Å²) in [5.74, 6) is -1.24. The number of benzene rings is 2. The molecule has 25 heavy (non-hydrogen) atoms. The molecule has 0 aliphatic heterocycles. The Balaban J connectivity index is 2.31. The molecule has 0 heterocycles. The quantitative estimate of drug-likeness (QED) is 0.390. The molecular formula is C18H16N2O5. The number of methoxy groups -OCH3 is 1. The van der Waals surface area contributed by atoms with Gasteiger partial charge in [-0.05, 0) is 30.7 Å². The van der Waals surface area contributed by atoms with Crippen molar-refractivity contribution >= 4 is 23.6 Å². The van der Waals surface area contributed by atoms with Crippen LogP contribution in [0.5, 0.6) is 0 Å². The van der Waals surface area contributed by atoms with Crippen LogP contribution in [0.1, 0.15) is 21.5 Å². The lowest BCUT2D eigenvalue weighted by Gasteiger charge is -2.08. The van der Waals surface area contributed by atoms with E-state index in [1.807, 2.05) is 6.92 Å². The first-order chi connectivity index (χ1) is 11.9. The van der Waals surface area contributed by atoms with Gasteiger partial charge in [0.15, 0.2) is 0 Å². The largest absolute Gasteiger partial charge is 0.464 e. The predicted octanol–water partition coefficient (Wildman–Crippen LogP) is 2.85. The van der Waals surface area contributed by atoms with Gasteiger partial charge in [0.2, 0.25) is 0 Å². The maximum Gasteiger partial charge on any atom is 0.354 e. The number of hydrogen-bond acceptors (Lipinski definition) is 5. The highest BCUT2D eigenvalue weighted by atomic mass is 16.6. The van der Waals surface area contributed by atoms with Crippen molar-refractivity contribution in [2.45, 2.75) is 6.92 Å². The summed E-state index contributed by atoms with van der Waals surface area (Å²) in [5.41, 5.74) is 1.52. The molecule has 128 valence electrons. The minimum atomic E-state index is -0.757. The molecule has 0 aliphatic rings. The van der Waals surface area contributed by atoms with Crippen molar-refractivity contribution in [2.75, 3.05) is 7.11 Å². The topological polar surface area (TPSA) is 98.5 Å². The molecule has 0 fully saturated rings. The third kappa shape index (κ3) is 4.74. The van der Waals surface area contributed by atoms with Gasteiger partial charge in [0.1, 0.15) is 5.70 Å². The van der Waals surface area contributed by atoms with E-state index in [2.05, 4.69) is 10.1 Å². The van der Waals surface area contributed by atoms with Gasteiger partial charge in [-0.1, -0.05) is 29.8 Å². The highest BCUT2D eigenvalue weighted by molar-refractivity contribution is 6.03. The van der Waals surface area contributed by atoms with E-state index < -0.39 is 16.8 Å². The first kappa shape index (κ1) is 17.9. The zero-order valence-corrected chi connectivity index (χ0v) is 13.7. The Hall–Kier alpha value is -3.48. The second-order valence-electron chi connectivity index (χ2n) is 5.22. The Bertz CT molecular complexity index is 841. The van der Waals surface area contributed by atoms with E-state index in [0.717, 1.165) is 5.56 Å². The zero-order valence-electron chi connectivity index (χ0n) is 13.7. The Labute approximate surface area is 144 Å². The van der Waals surface area contributed by atoms with E-state index in [1.165, 1.54) is 31.4 Å². The van der Waals surface area contributed by atoms with Crippen LogP contribution >= 0.6 is 0 Å². The summed E-state index contributed by atoms with van der Waals surface area (Å²) < 4.78 is 4.66. The van der Waals surface area contributed by atoms with E-state index in [9.17, 15) is 19.7 Å². The van der Waals surface area contributed by atoms with Gasteiger partial charge in [0.25, 0.3) is 11.6 Å². The molecule has 0 unspecified atom stereocenters. The SMILES string of the molecule is COC(=O)/C(=C/c1cccc([N+](=O)[O-])c1)NC(=O)c1ccc(C)cc1. The van der Waals surface area contributed by atoms with Crippen molar-refractivity contribution in [3.63, 3.8) is 0 Å². The van der Waals surface area contributed by atoms with Crippen molar-refractivity contribution < 1.29 is 19.2 Å². The number of non-ortho nitro benzene ring substituents is 1. The molecule has 0 bridgehead atoms. The first-order valence-electron chi connectivity index (χ1n) is 7.33. The number of nitrogens with zero attached hydrogens (tertiary/aromatic N) is 1. The molecule has 7 nitrogen and oxygen atoms in total. The van der Waals surface area contributed by atoms with Gasteiger partial charge in [-0.15, -0.1) is 0 Å². The molecule has 0 saturated heterocycles. The molecule has 2 rings (SSSR count). The third-order valence-electron chi connectivity index (χ3n) is 3.36. The minimum absolute atomic E-state index is 0.117. The van der Waals surface area contributed by atoms with Crippen LogP contribution < -0.4 is 5.32 Å². The minimum Gasteiger partial charge on any atom is -0.464 e. The van der Waals surface area contributed by atoms with Crippen molar-refractivity contribution in [2.24, 2.45) is 0 Å². The number of aryl methyl sites for hydroxylation is 1. The van der Waals surface area contributed by atoms with Crippen LogP contribution in [-0.2, 0) is 9.53 Å². The van der Waals surface area contributed by atoms with Gasteiger partial charge in [-0.2, -0.15) is 0 Å². The van der Waals surface area contributed by atoms with Gasteiger partial charge in [0, 0.05) is 17.7 Å². The normalized spacial score (nSPS) is 10.9. The Morgan fingerprint density at radius 2 is 1.84 bits per heavy atom. The van der Waals surface area contributed by atoms with E-state index in [-0.39, 0.29) is 11.4 Å². The first-order valence-corrected chi connectivity index (χ1v) is 7.33. The molecule has 0 aliphatic carbocycles. The van der Waals surface area contributed by atoms with Crippen LogP contribution in [0.15, 0.2) is 54.2 Å². The van der Waals surface area contributed by atoms with Crippen LogP contribution in [0.25, 0.3) is 6.08 Å².